The van der Waals surface area contributed by atoms with Crippen LogP contribution >= 0.6 is 0 Å². The summed E-state index contributed by atoms with van der Waals surface area (Å²) in [6, 6.07) is 6.58. The summed E-state index contributed by atoms with van der Waals surface area (Å²) < 4.78 is 1.78. The summed E-state index contributed by atoms with van der Waals surface area (Å²) in [4.78, 5) is 10.7. The number of primary amides is 1. The molecule has 0 aliphatic rings. The van der Waals surface area contributed by atoms with Crippen molar-refractivity contribution in [2.45, 2.75) is 26.8 Å². The number of aryl methyl sites for hydroxylation is 1. The van der Waals surface area contributed by atoms with E-state index in [1.54, 1.807) is 4.57 Å². The first-order valence-corrected chi connectivity index (χ1v) is 6.52. The molecule has 1 aromatic heterocycles. The van der Waals surface area contributed by atoms with Gasteiger partial charge in [-0.25, -0.2) is 4.79 Å². The lowest BCUT2D eigenvalue weighted by molar-refractivity contribution is 0.255. The normalized spacial score (nSPS) is 11.8. The van der Waals surface area contributed by atoms with Crippen LogP contribution < -0.4 is 5.73 Å². The number of nitrogens with two attached hydrogens (primary N) is 1. The van der Waals surface area contributed by atoms with Crippen LogP contribution in [0.3, 0.4) is 0 Å². The van der Waals surface area contributed by atoms with Gasteiger partial charge >= 0.3 is 6.03 Å². The van der Waals surface area contributed by atoms with Crippen molar-refractivity contribution in [3.05, 3.63) is 24.3 Å². The number of fused-ring (bicyclic) bond motifs is 1. The fourth-order valence-electron chi connectivity index (χ4n) is 2.08. The number of hydrogen-bond acceptors (Lipinski definition) is 3. The number of azo groups is 1. The average Bonchev–Trinajstić information content (AvgIpc) is 2.66. The highest BCUT2D eigenvalue weighted by atomic mass is 16.3. The van der Waals surface area contributed by atoms with Gasteiger partial charge in [0.2, 0.25) is 5.88 Å². The molecule has 1 heterocycles. The first-order chi connectivity index (χ1) is 9.50. The number of aromatic nitrogens is 1. The van der Waals surface area contributed by atoms with Gasteiger partial charge in [0.15, 0.2) is 5.69 Å². The van der Waals surface area contributed by atoms with Crippen LogP contribution in [0.25, 0.3) is 10.9 Å². The predicted molar refractivity (Wildman–Crippen MR) is 77.2 cm³/mol. The smallest absolute Gasteiger partial charge is 0.356 e. The molecule has 6 nitrogen and oxygen atoms in total. The maximum Gasteiger partial charge on any atom is 0.356 e. The first kappa shape index (κ1) is 14.0. The lowest BCUT2D eigenvalue weighted by Crippen LogP contribution is -2.02. The number of carbonyl (C=O) groups excluding carboxylic acids is 1. The quantitative estimate of drug-likeness (QED) is 0.834. The number of para-hydroxylation sites is 1. The Hall–Kier alpha value is -2.37. The van der Waals surface area contributed by atoms with Crippen molar-refractivity contribution in [1.82, 2.24) is 4.57 Å². The van der Waals surface area contributed by atoms with Gasteiger partial charge in [0.25, 0.3) is 0 Å². The highest BCUT2D eigenvalue weighted by Gasteiger charge is 2.16. The molecule has 2 rings (SSSR count). The molecule has 2 amide bonds. The molecule has 0 radical (unpaired) electrons. The summed E-state index contributed by atoms with van der Waals surface area (Å²) in [6.07, 6.45) is 0.929. The molecule has 0 aliphatic carbocycles. The molecule has 0 saturated carbocycles. The zero-order valence-corrected chi connectivity index (χ0v) is 11.6. The van der Waals surface area contributed by atoms with E-state index in [1.165, 1.54) is 0 Å². The number of benzene rings is 1. The van der Waals surface area contributed by atoms with Crippen molar-refractivity contribution in [2.24, 2.45) is 21.9 Å². The molecule has 0 fully saturated rings. The Morgan fingerprint density at radius 1 is 1.40 bits per heavy atom. The van der Waals surface area contributed by atoms with Crippen LogP contribution in [0.15, 0.2) is 34.5 Å². The van der Waals surface area contributed by atoms with E-state index in [9.17, 15) is 9.90 Å². The molecule has 0 atom stereocenters. The Kier molecular flexibility index (Phi) is 4.02. The van der Waals surface area contributed by atoms with Crippen LogP contribution in [0.4, 0.5) is 10.5 Å². The minimum atomic E-state index is -0.886. The number of amides is 2. The number of urea groups is 1. The average molecular weight is 274 g/mol. The van der Waals surface area contributed by atoms with E-state index >= 15 is 0 Å². The summed E-state index contributed by atoms with van der Waals surface area (Å²) in [5, 5.41) is 18.1. The van der Waals surface area contributed by atoms with Crippen molar-refractivity contribution in [3.63, 3.8) is 0 Å². The van der Waals surface area contributed by atoms with Gasteiger partial charge in [-0.05, 0) is 18.4 Å². The Morgan fingerprint density at radius 3 is 2.75 bits per heavy atom. The molecule has 6 heteroatoms. The largest absolute Gasteiger partial charge is 0.493 e. The second-order valence-corrected chi connectivity index (χ2v) is 5.06. The summed E-state index contributed by atoms with van der Waals surface area (Å²) in [5.41, 5.74) is 6.10. The van der Waals surface area contributed by atoms with Crippen LogP contribution in [0.5, 0.6) is 5.88 Å². The lowest BCUT2D eigenvalue weighted by Gasteiger charge is -2.08. The van der Waals surface area contributed by atoms with Crippen molar-refractivity contribution in [1.29, 1.82) is 0 Å². The van der Waals surface area contributed by atoms with Gasteiger partial charge in [-0.3, -0.25) is 0 Å². The third-order valence-electron chi connectivity index (χ3n) is 3.10. The standard InChI is InChI=1S/C14H18N4O2/c1-9(2)7-8-18-11-6-4-3-5-10(11)12(13(18)19)16-17-14(15)20/h3-6,9,19H,7-8H2,1-2H3,(H2,15,20). The Bertz CT molecular complexity index is 658. The van der Waals surface area contributed by atoms with Crippen molar-refractivity contribution in [2.75, 3.05) is 0 Å². The zero-order valence-electron chi connectivity index (χ0n) is 11.6. The van der Waals surface area contributed by atoms with Crippen LogP contribution in [-0.2, 0) is 6.54 Å². The van der Waals surface area contributed by atoms with E-state index in [0.717, 1.165) is 17.3 Å². The van der Waals surface area contributed by atoms with Gasteiger partial charge in [-0.1, -0.05) is 37.2 Å². The molecule has 20 heavy (non-hydrogen) atoms. The summed E-state index contributed by atoms with van der Waals surface area (Å²) >= 11 is 0. The summed E-state index contributed by atoms with van der Waals surface area (Å²) in [5.74, 6) is 0.531. The number of nitrogens with zero attached hydrogens (tertiary/aromatic N) is 3. The molecular weight excluding hydrogens is 256 g/mol. The van der Waals surface area contributed by atoms with Gasteiger partial charge in [0.05, 0.1) is 5.52 Å². The maximum atomic E-state index is 10.7. The van der Waals surface area contributed by atoms with E-state index in [4.69, 9.17) is 5.73 Å². The molecule has 3 N–H and O–H groups in total. The fourth-order valence-corrected chi connectivity index (χ4v) is 2.08. The molecule has 2 aromatic rings. The van der Waals surface area contributed by atoms with Crippen molar-refractivity contribution < 1.29 is 9.90 Å². The molecule has 0 spiro atoms. The van der Waals surface area contributed by atoms with Crippen LogP contribution in [0, 0.1) is 5.92 Å². The minimum Gasteiger partial charge on any atom is -0.493 e. The number of hydrogen-bond donors (Lipinski definition) is 2. The van der Waals surface area contributed by atoms with Gasteiger partial charge in [0.1, 0.15) is 0 Å². The first-order valence-electron chi connectivity index (χ1n) is 6.52. The molecule has 106 valence electrons. The second-order valence-electron chi connectivity index (χ2n) is 5.06. The molecular formula is C14H18N4O2. The molecule has 0 unspecified atom stereocenters. The Labute approximate surface area is 116 Å². The monoisotopic (exact) mass is 274 g/mol. The highest BCUT2D eigenvalue weighted by Crippen LogP contribution is 2.39. The van der Waals surface area contributed by atoms with Crippen LogP contribution in [0.2, 0.25) is 0 Å². The van der Waals surface area contributed by atoms with Gasteiger partial charge in [0, 0.05) is 11.9 Å². The van der Waals surface area contributed by atoms with Crippen molar-refractivity contribution >= 4 is 22.6 Å². The minimum absolute atomic E-state index is 0.0110. The summed E-state index contributed by atoms with van der Waals surface area (Å²) in [7, 11) is 0. The topological polar surface area (TPSA) is 93.0 Å². The van der Waals surface area contributed by atoms with Crippen LogP contribution in [-0.4, -0.2) is 15.7 Å². The molecule has 0 saturated heterocycles. The fraction of sp³-hybridized carbons (Fsp3) is 0.357. The predicted octanol–water partition coefficient (Wildman–Crippen LogP) is 3.56. The van der Waals surface area contributed by atoms with E-state index in [1.807, 2.05) is 24.3 Å². The third kappa shape index (κ3) is 2.79. The SMILES string of the molecule is CC(C)CCn1c(O)c(N=NC(N)=O)c2ccccc21. The Balaban J connectivity index is 2.52. The van der Waals surface area contributed by atoms with E-state index in [-0.39, 0.29) is 11.6 Å². The number of carbonyl (C=O) groups is 1. The van der Waals surface area contributed by atoms with Gasteiger partial charge < -0.3 is 15.4 Å². The third-order valence-corrected chi connectivity index (χ3v) is 3.10. The molecule has 1 aromatic carbocycles. The second kappa shape index (κ2) is 5.73. The van der Waals surface area contributed by atoms with Gasteiger partial charge in [-0.15, -0.1) is 5.11 Å². The van der Waals surface area contributed by atoms with Crippen LogP contribution in [0.1, 0.15) is 20.3 Å². The number of aromatic hydroxyl groups is 1. The van der Waals surface area contributed by atoms with Gasteiger partial charge in [-0.2, -0.15) is 0 Å². The Morgan fingerprint density at radius 2 is 2.10 bits per heavy atom. The van der Waals surface area contributed by atoms with E-state index in [0.29, 0.717) is 12.5 Å². The number of rotatable bonds is 4. The zero-order chi connectivity index (χ0) is 14.7. The van der Waals surface area contributed by atoms with E-state index in [2.05, 4.69) is 24.1 Å². The summed E-state index contributed by atoms with van der Waals surface area (Å²) in [6.45, 7) is 4.92. The molecule has 0 aliphatic heterocycles. The molecule has 0 bridgehead atoms. The maximum absolute atomic E-state index is 10.7. The van der Waals surface area contributed by atoms with E-state index < -0.39 is 6.03 Å². The highest BCUT2D eigenvalue weighted by molar-refractivity contribution is 5.95. The lowest BCUT2D eigenvalue weighted by atomic mass is 10.1. The van der Waals surface area contributed by atoms with Crippen molar-refractivity contribution in [3.8, 4) is 5.88 Å².